The van der Waals surface area contributed by atoms with Crippen LogP contribution in [-0.4, -0.2) is 25.2 Å². The molecule has 26 heavy (non-hydrogen) atoms. The minimum Gasteiger partial charge on any atom is -0.491 e. The first-order valence-electron chi connectivity index (χ1n) is 8.92. The summed E-state index contributed by atoms with van der Waals surface area (Å²) in [5.74, 6) is 0.182. The van der Waals surface area contributed by atoms with Crippen molar-refractivity contribution in [1.29, 1.82) is 0 Å². The number of halogens is 1. The molecule has 2 aromatic rings. The molecular formula is C21H24FNO3. The molecule has 5 heteroatoms. The Morgan fingerprint density at radius 1 is 1.12 bits per heavy atom. The van der Waals surface area contributed by atoms with Gasteiger partial charge in [-0.3, -0.25) is 4.79 Å². The second-order valence-corrected chi connectivity index (χ2v) is 6.82. The Morgan fingerprint density at radius 2 is 1.77 bits per heavy atom. The van der Waals surface area contributed by atoms with Gasteiger partial charge in [0.25, 0.3) is 0 Å². The number of ether oxygens (including phenoxy) is 2. The lowest BCUT2D eigenvalue weighted by Gasteiger charge is -2.36. The van der Waals surface area contributed by atoms with E-state index in [1.54, 1.807) is 30.3 Å². The second-order valence-electron chi connectivity index (χ2n) is 6.82. The highest BCUT2D eigenvalue weighted by molar-refractivity contribution is 5.99. The molecule has 0 radical (unpaired) electrons. The van der Waals surface area contributed by atoms with Crippen molar-refractivity contribution in [2.75, 3.05) is 18.5 Å². The number of carbonyl (C=O) groups is 1. The quantitative estimate of drug-likeness (QED) is 0.868. The van der Waals surface area contributed by atoms with Crippen LogP contribution >= 0.6 is 0 Å². The van der Waals surface area contributed by atoms with Crippen LogP contribution in [-0.2, 0) is 14.9 Å². The Bertz CT molecular complexity index is 752. The summed E-state index contributed by atoms with van der Waals surface area (Å²) in [6.07, 6.45) is 0.991. The van der Waals surface area contributed by atoms with Gasteiger partial charge < -0.3 is 14.8 Å². The Morgan fingerprint density at radius 3 is 2.38 bits per heavy atom. The molecule has 138 valence electrons. The van der Waals surface area contributed by atoms with Crippen molar-refractivity contribution in [3.63, 3.8) is 0 Å². The highest BCUT2D eigenvalue weighted by atomic mass is 19.1. The molecule has 1 heterocycles. The number of nitrogens with one attached hydrogen (secondary N) is 1. The Balaban J connectivity index is 1.84. The van der Waals surface area contributed by atoms with Crippen LogP contribution in [0.4, 0.5) is 10.1 Å². The highest BCUT2D eigenvalue weighted by Crippen LogP contribution is 2.37. The summed E-state index contributed by atoms with van der Waals surface area (Å²) in [4.78, 5) is 13.1. The smallest absolute Gasteiger partial charge is 0.235 e. The van der Waals surface area contributed by atoms with Crippen LogP contribution in [0.25, 0.3) is 0 Å². The van der Waals surface area contributed by atoms with E-state index < -0.39 is 5.41 Å². The summed E-state index contributed by atoms with van der Waals surface area (Å²) in [5.41, 5.74) is 0.172. The average Bonchev–Trinajstić information content (AvgIpc) is 2.64. The normalized spacial score (nSPS) is 16.3. The van der Waals surface area contributed by atoms with Crippen LogP contribution in [0.15, 0.2) is 48.5 Å². The molecule has 0 aliphatic carbocycles. The molecule has 1 amide bonds. The highest BCUT2D eigenvalue weighted by Gasteiger charge is 2.43. The fraction of sp³-hybridized carbons (Fsp3) is 0.381. The van der Waals surface area contributed by atoms with E-state index in [9.17, 15) is 9.18 Å². The first-order chi connectivity index (χ1) is 12.5. The summed E-state index contributed by atoms with van der Waals surface area (Å²) >= 11 is 0. The summed E-state index contributed by atoms with van der Waals surface area (Å²) in [6, 6.07) is 13.7. The number of hydrogen-bond donors (Lipinski definition) is 1. The summed E-state index contributed by atoms with van der Waals surface area (Å²) in [7, 11) is 0. The SMILES string of the molecule is CC(C)Oc1ccc(NC(=O)C2(c3ccccc3F)CCOCC2)cc1. The number of carbonyl (C=O) groups excluding carboxylic acids is 1. The number of benzene rings is 2. The van der Waals surface area contributed by atoms with Crippen LogP contribution < -0.4 is 10.1 Å². The van der Waals surface area contributed by atoms with Gasteiger partial charge in [0.05, 0.1) is 11.5 Å². The summed E-state index contributed by atoms with van der Waals surface area (Å²) in [5, 5.41) is 2.94. The van der Waals surface area contributed by atoms with Gasteiger partial charge in [0.15, 0.2) is 0 Å². The predicted octanol–water partition coefficient (Wildman–Crippen LogP) is 4.30. The number of anilines is 1. The van der Waals surface area contributed by atoms with Gasteiger partial charge in [0.2, 0.25) is 5.91 Å². The molecule has 1 fully saturated rings. The van der Waals surface area contributed by atoms with Crippen LogP contribution in [0.3, 0.4) is 0 Å². The van der Waals surface area contributed by atoms with Crippen molar-refractivity contribution in [1.82, 2.24) is 0 Å². The van der Waals surface area contributed by atoms with E-state index in [0.717, 1.165) is 5.75 Å². The Kier molecular flexibility index (Phi) is 5.57. The van der Waals surface area contributed by atoms with Gasteiger partial charge in [-0.1, -0.05) is 18.2 Å². The van der Waals surface area contributed by atoms with E-state index in [1.165, 1.54) is 6.07 Å². The van der Waals surface area contributed by atoms with Gasteiger partial charge >= 0.3 is 0 Å². The molecule has 3 rings (SSSR count). The largest absolute Gasteiger partial charge is 0.491 e. The Hall–Kier alpha value is -2.40. The third kappa shape index (κ3) is 3.88. The fourth-order valence-electron chi connectivity index (χ4n) is 3.33. The van der Waals surface area contributed by atoms with E-state index in [2.05, 4.69) is 5.32 Å². The van der Waals surface area contributed by atoms with Crippen molar-refractivity contribution in [2.45, 2.75) is 38.2 Å². The molecule has 1 saturated heterocycles. The molecular weight excluding hydrogens is 333 g/mol. The van der Waals surface area contributed by atoms with Gasteiger partial charge in [0.1, 0.15) is 11.6 Å². The molecule has 0 atom stereocenters. The zero-order valence-electron chi connectivity index (χ0n) is 15.1. The van der Waals surface area contributed by atoms with Crippen molar-refractivity contribution in [2.24, 2.45) is 0 Å². The minimum absolute atomic E-state index is 0.0852. The van der Waals surface area contributed by atoms with Crippen LogP contribution in [0.1, 0.15) is 32.3 Å². The first-order valence-corrected chi connectivity index (χ1v) is 8.92. The van der Waals surface area contributed by atoms with Gasteiger partial charge in [-0.15, -0.1) is 0 Å². The zero-order chi connectivity index (χ0) is 18.6. The lowest BCUT2D eigenvalue weighted by atomic mass is 9.73. The molecule has 2 aromatic carbocycles. The average molecular weight is 357 g/mol. The topological polar surface area (TPSA) is 47.6 Å². The molecule has 0 bridgehead atoms. The third-order valence-electron chi connectivity index (χ3n) is 4.65. The molecule has 1 N–H and O–H groups in total. The molecule has 1 aliphatic rings. The van der Waals surface area contributed by atoms with Crippen molar-refractivity contribution < 1.29 is 18.7 Å². The maximum atomic E-state index is 14.5. The van der Waals surface area contributed by atoms with Gasteiger partial charge in [-0.25, -0.2) is 4.39 Å². The molecule has 0 unspecified atom stereocenters. The Labute approximate surface area is 153 Å². The molecule has 1 aliphatic heterocycles. The van der Waals surface area contributed by atoms with E-state index in [1.807, 2.05) is 26.0 Å². The monoisotopic (exact) mass is 357 g/mol. The number of rotatable bonds is 5. The lowest BCUT2D eigenvalue weighted by Crippen LogP contribution is -2.45. The molecule has 0 spiro atoms. The summed E-state index contributed by atoms with van der Waals surface area (Å²) in [6.45, 7) is 4.78. The van der Waals surface area contributed by atoms with E-state index in [-0.39, 0.29) is 17.8 Å². The standard InChI is InChI=1S/C21H24FNO3/c1-15(2)26-17-9-7-16(8-10-17)23-20(24)21(11-13-25-14-12-21)18-5-3-4-6-19(18)22/h3-10,15H,11-14H2,1-2H3,(H,23,24). The second kappa shape index (κ2) is 7.87. The predicted molar refractivity (Wildman–Crippen MR) is 99.0 cm³/mol. The molecule has 0 aromatic heterocycles. The number of hydrogen-bond acceptors (Lipinski definition) is 3. The van der Waals surface area contributed by atoms with Crippen molar-refractivity contribution >= 4 is 11.6 Å². The molecule has 0 saturated carbocycles. The third-order valence-corrected chi connectivity index (χ3v) is 4.65. The summed E-state index contributed by atoms with van der Waals surface area (Å²) < 4.78 is 25.5. The first kappa shape index (κ1) is 18.4. The lowest BCUT2D eigenvalue weighted by molar-refractivity contribution is -0.125. The van der Waals surface area contributed by atoms with Crippen molar-refractivity contribution in [3.05, 3.63) is 59.9 Å². The zero-order valence-corrected chi connectivity index (χ0v) is 15.1. The maximum absolute atomic E-state index is 14.5. The molecule has 4 nitrogen and oxygen atoms in total. The van der Waals surface area contributed by atoms with E-state index in [0.29, 0.717) is 37.3 Å². The fourth-order valence-corrected chi connectivity index (χ4v) is 3.33. The van der Waals surface area contributed by atoms with Crippen molar-refractivity contribution in [3.8, 4) is 5.75 Å². The van der Waals surface area contributed by atoms with Crippen LogP contribution in [0.5, 0.6) is 5.75 Å². The van der Waals surface area contributed by atoms with Gasteiger partial charge in [-0.2, -0.15) is 0 Å². The minimum atomic E-state index is -0.920. The van der Waals surface area contributed by atoms with Gasteiger partial charge in [0, 0.05) is 24.5 Å². The van der Waals surface area contributed by atoms with Gasteiger partial charge in [-0.05, 0) is 57.0 Å². The van der Waals surface area contributed by atoms with Crippen LogP contribution in [0.2, 0.25) is 0 Å². The van der Waals surface area contributed by atoms with E-state index >= 15 is 0 Å². The van der Waals surface area contributed by atoms with E-state index in [4.69, 9.17) is 9.47 Å². The van der Waals surface area contributed by atoms with Crippen LogP contribution in [0, 0.1) is 5.82 Å². The number of amides is 1. The maximum Gasteiger partial charge on any atom is 0.235 e.